The van der Waals surface area contributed by atoms with E-state index in [-0.39, 0.29) is 0 Å². The molecule has 0 bridgehead atoms. The number of aromatic nitrogens is 4. The molecule has 188 valence electrons. The number of rotatable bonds is 4. The van der Waals surface area contributed by atoms with E-state index >= 15 is 0 Å². The van der Waals surface area contributed by atoms with Crippen molar-refractivity contribution in [2.45, 2.75) is 51.5 Å². The van der Waals surface area contributed by atoms with Gasteiger partial charge in [-0.3, -0.25) is 0 Å². The fourth-order valence-electron chi connectivity index (χ4n) is 6.35. The van der Waals surface area contributed by atoms with E-state index in [0.717, 1.165) is 93.8 Å². The molecule has 2 saturated heterocycles. The number of hydrogen-bond donors (Lipinski definition) is 4. The monoisotopic (exact) mass is 494 g/mol. The number of benzene rings is 2. The van der Waals surface area contributed by atoms with Crippen LogP contribution >= 0.6 is 0 Å². The Bertz CT molecular complexity index is 1460. The lowest BCUT2D eigenvalue weighted by Crippen LogP contribution is -2.15. The number of nitrogens with zero attached hydrogens (tertiary/aromatic N) is 2. The van der Waals surface area contributed by atoms with Gasteiger partial charge in [-0.2, -0.15) is 0 Å². The molecular weight excluding hydrogens is 464 g/mol. The first-order chi connectivity index (χ1) is 18.2. The van der Waals surface area contributed by atoms with Gasteiger partial charge in [0.2, 0.25) is 0 Å². The maximum atomic E-state index is 6.34. The lowest BCUT2D eigenvalue weighted by atomic mass is 9.87. The summed E-state index contributed by atoms with van der Waals surface area (Å²) in [5.74, 6) is 4.52. The number of ether oxygens (including phenoxy) is 2. The zero-order valence-corrected chi connectivity index (χ0v) is 20.9. The van der Waals surface area contributed by atoms with Crippen LogP contribution in [0.3, 0.4) is 0 Å². The van der Waals surface area contributed by atoms with Crippen LogP contribution in [0.4, 0.5) is 0 Å². The summed E-state index contributed by atoms with van der Waals surface area (Å²) in [7, 11) is 0. The summed E-state index contributed by atoms with van der Waals surface area (Å²) in [6.07, 6.45) is 7.29. The molecule has 2 aromatic carbocycles. The molecular formula is C29H30N6O2. The zero-order valence-electron chi connectivity index (χ0n) is 20.9. The highest BCUT2D eigenvalue weighted by atomic mass is 16.5. The van der Waals surface area contributed by atoms with Gasteiger partial charge < -0.3 is 30.1 Å². The van der Waals surface area contributed by atoms with Gasteiger partial charge in [-0.05, 0) is 62.5 Å². The molecule has 0 radical (unpaired) electrons. The number of H-pyrrole nitrogens is 2. The Morgan fingerprint density at radius 1 is 0.784 bits per heavy atom. The lowest BCUT2D eigenvalue weighted by Gasteiger charge is -2.30. The number of hydrogen-bond acceptors (Lipinski definition) is 6. The fraction of sp³-hybridized carbons (Fsp3) is 0.379. The quantitative estimate of drug-likeness (QED) is 0.318. The third kappa shape index (κ3) is 3.50. The van der Waals surface area contributed by atoms with E-state index in [0.29, 0.717) is 31.2 Å². The van der Waals surface area contributed by atoms with E-state index in [1.54, 1.807) is 0 Å². The van der Waals surface area contributed by atoms with Gasteiger partial charge in [0.1, 0.15) is 36.4 Å². The summed E-state index contributed by atoms with van der Waals surface area (Å²) in [4.78, 5) is 16.4. The molecule has 4 aromatic rings. The van der Waals surface area contributed by atoms with Gasteiger partial charge in [-0.25, -0.2) is 9.97 Å². The van der Waals surface area contributed by atoms with E-state index in [4.69, 9.17) is 9.47 Å². The minimum Gasteiger partial charge on any atom is -0.488 e. The predicted octanol–water partition coefficient (Wildman–Crippen LogP) is 5.01. The second-order valence-corrected chi connectivity index (χ2v) is 10.9. The molecule has 0 amide bonds. The first-order valence-electron chi connectivity index (χ1n) is 13.4. The molecule has 4 N–H and O–H groups in total. The second kappa shape index (κ2) is 8.19. The summed E-state index contributed by atoms with van der Waals surface area (Å²) in [5, 5.41) is 7.08. The minimum atomic E-state index is 0.295. The highest BCUT2D eigenvalue weighted by Gasteiger charge is 2.31. The first-order valence-corrected chi connectivity index (χ1v) is 13.4. The number of aromatic amines is 2. The van der Waals surface area contributed by atoms with E-state index < -0.39 is 0 Å². The first kappa shape index (κ1) is 21.5. The van der Waals surface area contributed by atoms with Crippen molar-refractivity contribution in [2.24, 2.45) is 5.92 Å². The van der Waals surface area contributed by atoms with E-state index in [9.17, 15) is 0 Å². The van der Waals surface area contributed by atoms with Gasteiger partial charge in [-0.15, -0.1) is 0 Å². The maximum Gasteiger partial charge on any atom is 0.128 e. The van der Waals surface area contributed by atoms with Gasteiger partial charge in [-0.1, -0.05) is 6.92 Å². The van der Waals surface area contributed by atoms with Crippen LogP contribution in [0.5, 0.6) is 11.5 Å². The Balaban J connectivity index is 1.14. The van der Waals surface area contributed by atoms with Gasteiger partial charge >= 0.3 is 0 Å². The van der Waals surface area contributed by atoms with Crippen LogP contribution < -0.4 is 20.1 Å². The van der Waals surface area contributed by atoms with Crippen LogP contribution in [-0.4, -0.2) is 33.0 Å². The Morgan fingerprint density at radius 3 is 1.95 bits per heavy atom. The Labute approximate surface area is 215 Å². The average molecular weight is 495 g/mol. The normalized spacial score (nSPS) is 23.5. The zero-order chi connectivity index (χ0) is 24.5. The molecule has 8 nitrogen and oxygen atoms in total. The Kier molecular flexibility index (Phi) is 4.75. The molecule has 2 aromatic heterocycles. The topological polar surface area (TPSA) is 99.9 Å². The van der Waals surface area contributed by atoms with Gasteiger partial charge in [0.15, 0.2) is 0 Å². The van der Waals surface area contributed by atoms with Crippen molar-refractivity contribution in [3.63, 3.8) is 0 Å². The van der Waals surface area contributed by atoms with Gasteiger partial charge in [0, 0.05) is 33.4 Å². The van der Waals surface area contributed by atoms with Crippen molar-refractivity contribution in [3.05, 3.63) is 59.4 Å². The van der Waals surface area contributed by atoms with Gasteiger partial charge in [0.05, 0.1) is 35.9 Å². The van der Waals surface area contributed by atoms with Crippen molar-refractivity contribution >= 4 is 0 Å². The van der Waals surface area contributed by atoms with Crippen LogP contribution in [0, 0.1) is 5.92 Å². The third-order valence-electron chi connectivity index (χ3n) is 8.27. The number of nitrogens with one attached hydrogen (secondary N) is 4. The molecule has 8 rings (SSSR count). The minimum absolute atomic E-state index is 0.295. The molecule has 0 saturated carbocycles. The van der Waals surface area contributed by atoms with Crippen LogP contribution in [0.25, 0.3) is 33.6 Å². The maximum absolute atomic E-state index is 6.34. The molecule has 0 unspecified atom stereocenters. The van der Waals surface area contributed by atoms with Crippen LogP contribution in [0.15, 0.2) is 36.7 Å². The van der Waals surface area contributed by atoms with Crippen LogP contribution in [-0.2, 0) is 13.2 Å². The third-order valence-corrected chi connectivity index (χ3v) is 8.27. The molecule has 0 spiro atoms. The summed E-state index contributed by atoms with van der Waals surface area (Å²) in [5.41, 5.74) is 8.79. The van der Waals surface area contributed by atoms with E-state index in [1.165, 1.54) is 6.42 Å². The molecule has 8 heteroatoms. The summed E-state index contributed by atoms with van der Waals surface area (Å²) < 4.78 is 12.7. The summed E-state index contributed by atoms with van der Waals surface area (Å²) >= 11 is 0. The smallest absolute Gasteiger partial charge is 0.128 e. The van der Waals surface area contributed by atoms with Gasteiger partial charge in [0.25, 0.3) is 0 Å². The second-order valence-electron chi connectivity index (χ2n) is 10.9. The summed E-state index contributed by atoms with van der Waals surface area (Å²) in [6.45, 7) is 5.39. The van der Waals surface area contributed by atoms with Crippen molar-refractivity contribution in [1.82, 2.24) is 30.6 Å². The standard InChI is InChI=1S/C29H30N6O2/c1-15-5-21(31-10-15)29-33-12-23(35-29)17-7-19-14-36-24-8-16(6-18-13-37-25(9-17)27(19)26(18)24)22-11-32-28(34-22)20-3-2-4-30-20/h6-9,11-12,15,20-21,30-31H,2-5,10,13-14H2,1H3,(H,32,34)(H,33,35)/t15-,20-,21-/m0/s1. The molecule has 2 fully saturated rings. The summed E-state index contributed by atoms with van der Waals surface area (Å²) in [6, 6.07) is 9.32. The molecule has 6 heterocycles. The highest BCUT2D eigenvalue weighted by Crippen LogP contribution is 2.50. The van der Waals surface area contributed by atoms with Crippen LogP contribution in [0.2, 0.25) is 0 Å². The predicted molar refractivity (Wildman–Crippen MR) is 140 cm³/mol. The largest absolute Gasteiger partial charge is 0.488 e. The molecule has 3 atom stereocenters. The molecule has 4 aliphatic heterocycles. The van der Waals surface area contributed by atoms with Crippen molar-refractivity contribution in [2.75, 3.05) is 13.1 Å². The average Bonchev–Trinajstić information content (AvgIpc) is 3.73. The molecule has 4 aliphatic rings. The molecule has 0 aliphatic carbocycles. The Hall–Kier alpha value is -3.62. The Morgan fingerprint density at radius 2 is 1.41 bits per heavy atom. The fourth-order valence-corrected chi connectivity index (χ4v) is 6.35. The highest BCUT2D eigenvalue weighted by molar-refractivity contribution is 5.88. The van der Waals surface area contributed by atoms with E-state index in [1.807, 2.05) is 12.4 Å². The van der Waals surface area contributed by atoms with E-state index in [2.05, 4.69) is 61.8 Å². The van der Waals surface area contributed by atoms with Crippen molar-refractivity contribution in [3.8, 4) is 45.1 Å². The van der Waals surface area contributed by atoms with Crippen molar-refractivity contribution < 1.29 is 9.47 Å². The molecule has 37 heavy (non-hydrogen) atoms. The van der Waals surface area contributed by atoms with Crippen molar-refractivity contribution in [1.29, 1.82) is 0 Å². The lowest BCUT2D eigenvalue weighted by molar-refractivity contribution is 0.278. The van der Waals surface area contributed by atoms with Crippen LogP contribution in [0.1, 0.15) is 61.0 Å². The number of imidazole rings is 2. The SMILES string of the molecule is C[C@@H]1CN[C@H](c2ncc(-c3cc4c5c(c3)OCc3cc(-c6cnc([C@@H]7CCCN7)[nH]6)cc(c3-5)OC4)[nH]2)C1.